The van der Waals surface area contributed by atoms with Crippen LogP contribution in [0.5, 0.6) is 0 Å². The Morgan fingerprint density at radius 3 is 2.71 bits per heavy atom. The van der Waals surface area contributed by atoms with Crippen LogP contribution >= 0.6 is 0 Å². The van der Waals surface area contributed by atoms with Crippen molar-refractivity contribution < 1.29 is 19.4 Å². The first-order valence-corrected chi connectivity index (χ1v) is 5.60. The van der Waals surface area contributed by atoms with E-state index in [-0.39, 0.29) is 0 Å². The molecule has 0 aliphatic rings. The standard InChI is InChI=1S/C10H12N3.W/c1-8(2)6-9(3)7-13-10(11)4-5-12-13;/h1,4-6H,11H2,2-3H3;/q-1;/b9-6-;. The van der Waals surface area contributed by atoms with Crippen molar-refractivity contribution in [2.45, 2.75) is 13.8 Å². The third-order valence-corrected chi connectivity index (χ3v) is 3.42. The molecule has 2 N–H and O–H groups in total. The number of hydrogen-bond acceptors (Lipinski definition) is 2. The first-order valence-electron chi connectivity index (χ1n) is 4.14. The number of anilines is 1. The van der Waals surface area contributed by atoms with Gasteiger partial charge in [0.2, 0.25) is 0 Å². The molecule has 3 nitrogen and oxygen atoms in total. The molecule has 74 valence electrons. The first kappa shape index (κ1) is 11.1. The second-order valence-corrected chi connectivity index (χ2v) is 4.43. The molecular weight excluding hydrogens is 346 g/mol. The van der Waals surface area contributed by atoms with Crippen LogP contribution in [-0.4, -0.2) is 13.8 Å². The molecule has 0 aromatic carbocycles. The Hall–Kier alpha value is -0.952. The molecule has 0 bridgehead atoms. The minimum absolute atomic E-state index is 0.650. The molecule has 1 aromatic heterocycles. The molecule has 1 heterocycles. The van der Waals surface area contributed by atoms with Gasteiger partial charge in [-0.15, -0.1) is 0 Å². The van der Waals surface area contributed by atoms with Crippen LogP contribution < -0.4 is 5.73 Å². The summed E-state index contributed by atoms with van der Waals surface area (Å²) >= 11 is 1.31. The third kappa shape index (κ3) is 2.52. The predicted molar refractivity (Wildman–Crippen MR) is 54.3 cm³/mol. The summed E-state index contributed by atoms with van der Waals surface area (Å²) < 4.78 is 2.79. The zero-order valence-electron chi connectivity index (χ0n) is 8.19. The van der Waals surface area contributed by atoms with Gasteiger partial charge in [-0.05, 0) is 0 Å². The fourth-order valence-corrected chi connectivity index (χ4v) is 1.81. The zero-order valence-corrected chi connectivity index (χ0v) is 11.1. The summed E-state index contributed by atoms with van der Waals surface area (Å²) in [7, 11) is 0. The van der Waals surface area contributed by atoms with Gasteiger partial charge < -0.3 is 0 Å². The van der Waals surface area contributed by atoms with Crippen molar-refractivity contribution >= 4 is 9.84 Å². The summed E-state index contributed by atoms with van der Waals surface area (Å²) in [5.41, 5.74) is 7.61. The summed E-state index contributed by atoms with van der Waals surface area (Å²) in [5, 5.41) is 4.13. The van der Waals surface area contributed by atoms with E-state index in [2.05, 4.69) is 5.10 Å². The van der Waals surface area contributed by atoms with Gasteiger partial charge in [0.1, 0.15) is 0 Å². The van der Waals surface area contributed by atoms with Crippen molar-refractivity contribution in [3.05, 3.63) is 36.1 Å². The van der Waals surface area contributed by atoms with Crippen LogP contribution in [-0.2, 0) is 19.4 Å². The molecular formula is C10H12N3W-. The van der Waals surface area contributed by atoms with E-state index in [0.717, 1.165) is 15.2 Å². The van der Waals surface area contributed by atoms with E-state index in [1.165, 1.54) is 19.4 Å². The van der Waals surface area contributed by atoms with Crippen molar-refractivity contribution in [3.63, 3.8) is 0 Å². The van der Waals surface area contributed by atoms with Gasteiger partial charge in [-0.3, -0.25) is 0 Å². The average molecular weight is 358 g/mol. The Labute approximate surface area is 94.7 Å². The van der Waals surface area contributed by atoms with Crippen LogP contribution in [0, 0.1) is 6.58 Å². The van der Waals surface area contributed by atoms with Gasteiger partial charge in [0, 0.05) is 0 Å². The van der Waals surface area contributed by atoms with E-state index in [9.17, 15) is 0 Å². The Kier molecular flexibility index (Phi) is 3.59. The molecule has 0 atom stereocenters. The zero-order chi connectivity index (χ0) is 10.7. The molecule has 1 rings (SSSR count). The predicted octanol–water partition coefficient (Wildman–Crippen LogP) is 1.32. The minimum atomic E-state index is 0.650. The van der Waals surface area contributed by atoms with Crippen molar-refractivity contribution in [2.24, 2.45) is 0 Å². The van der Waals surface area contributed by atoms with Crippen LogP contribution in [0.2, 0.25) is 0 Å². The van der Waals surface area contributed by atoms with E-state index in [4.69, 9.17) is 12.3 Å². The van der Waals surface area contributed by atoms with E-state index in [1.807, 2.05) is 19.9 Å². The second kappa shape index (κ2) is 4.51. The van der Waals surface area contributed by atoms with Crippen molar-refractivity contribution in [1.29, 1.82) is 0 Å². The van der Waals surface area contributed by atoms with Gasteiger partial charge in [0.25, 0.3) is 0 Å². The molecule has 1 aromatic rings. The molecule has 0 aliphatic carbocycles. The van der Waals surface area contributed by atoms with Crippen molar-refractivity contribution in [3.8, 4) is 0 Å². The fraction of sp³-hybridized carbons (Fsp3) is 0.200. The fourth-order valence-electron chi connectivity index (χ4n) is 1.05. The Balaban J connectivity index is 2.97. The molecule has 0 fully saturated rings. The Morgan fingerprint density at radius 1 is 1.64 bits per heavy atom. The van der Waals surface area contributed by atoms with Gasteiger partial charge >= 0.3 is 94.6 Å². The third-order valence-electron chi connectivity index (χ3n) is 1.65. The maximum atomic E-state index is 5.74. The van der Waals surface area contributed by atoms with E-state index in [0.29, 0.717) is 5.82 Å². The number of nitrogens with zero attached hydrogens (tertiary/aromatic N) is 2. The van der Waals surface area contributed by atoms with E-state index in [1.54, 1.807) is 16.9 Å². The molecule has 14 heavy (non-hydrogen) atoms. The van der Waals surface area contributed by atoms with Crippen LogP contribution in [0.1, 0.15) is 13.8 Å². The number of rotatable bonds is 3. The summed E-state index contributed by atoms with van der Waals surface area (Å²) in [6, 6.07) is 1.77. The molecule has 0 unspecified atom stereocenters. The Bertz CT molecular complexity index is 401. The molecule has 0 amide bonds. The van der Waals surface area contributed by atoms with Crippen LogP contribution in [0.15, 0.2) is 29.5 Å². The van der Waals surface area contributed by atoms with Gasteiger partial charge in [-0.1, -0.05) is 0 Å². The SMILES string of the molecule is [CH-]=C(C)/C=C(/C)[C](=[W])n1nccc1N. The molecule has 0 saturated heterocycles. The summed E-state index contributed by atoms with van der Waals surface area (Å²) in [4.78, 5) is 0. The van der Waals surface area contributed by atoms with Crippen LogP contribution in [0.3, 0.4) is 0 Å². The van der Waals surface area contributed by atoms with Crippen LogP contribution in [0.25, 0.3) is 0 Å². The monoisotopic (exact) mass is 358 g/mol. The van der Waals surface area contributed by atoms with Gasteiger partial charge in [0.15, 0.2) is 0 Å². The average Bonchev–Trinajstić information content (AvgIpc) is 2.48. The number of aromatic nitrogens is 2. The Morgan fingerprint density at radius 2 is 2.29 bits per heavy atom. The summed E-state index contributed by atoms with van der Waals surface area (Å²) in [6.07, 6.45) is 3.61. The molecule has 0 aliphatic heterocycles. The van der Waals surface area contributed by atoms with E-state index >= 15 is 0 Å². The van der Waals surface area contributed by atoms with Crippen LogP contribution in [0.4, 0.5) is 5.82 Å². The van der Waals surface area contributed by atoms with Gasteiger partial charge in [-0.2, -0.15) is 0 Å². The van der Waals surface area contributed by atoms with Crippen molar-refractivity contribution in [2.75, 3.05) is 5.73 Å². The molecule has 4 heteroatoms. The summed E-state index contributed by atoms with van der Waals surface area (Å²) in [5.74, 6) is 0.650. The number of nitrogen functional groups attached to an aromatic ring is 1. The number of allylic oxidation sites excluding steroid dienone is 3. The van der Waals surface area contributed by atoms with E-state index < -0.39 is 0 Å². The second-order valence-electron chi connectivity index (χ2n) is 3.04. The topological polar surface area (TPSA) is 43.8 Å². The molecule has 0 spiro atoms. The molecule has 0 radical (unpaired) electrons. The van der Waals surface area contributed by atoms with Gasteiger partial charge in [-0.25, -0.2) is 0 Å². The quantitative estimate of drug-likeness (QED) is 0.654. The summed E-state index contributed by atoms with van der Waals surface area (Å²) in [6.45, 7) is 9.46. The first-order chi connectivity index (χ1) is 6.52. The molecule has 0 saturated carbocycles. The number of nitrogens with two attached hydrogens (primary N) is 1. The maximum absolute atomic E-state index is 5.74. The van der Waals surface area contributed by atoms with Gasteiger partial charge in [0.05, 0.1) is 0 Å². The number of hydrogen-bond donors (Lipinski definition) is 1. The van der Waals surface area contributed by atoms with Crippen molar-refractivity contribution in [1.82, 2.24) is 9.78 Å². The normalized spacial score (nSPS) is 11.4.